The van der Waals surface area contributed by atoms with E-state index in [1.54, 1.807) is 20.8 Å². The molecule has 0 amide bonds. The van der Waals surface area contributed by atoms with Gasteiger partial charge < -0.3 is 14.8 Å². The Bertz CT molecular complexity index is 1020. The van der Waals surface area contributed by atoms with E-state index in [0.717, 1.165) is 12.3 Å². The molecule has 8 nitrogen and oxygen atoms in total. The van der Waals surface area contributed by atoms with Crippen LogP contribution < -0.4 is 10.1 Å². The molecule has 0 bridgehead atoms. The van der Waals surface area contributed by atoms with Gasteiger partial charge in [0.05, 0.1) is 5.56 Å². The van der Waals surface area contributed by atoms with E-state index in [2.05, 4.69) is 20.0 Å². The highest BCUT2D eigenvalue weighted by molar-refractivity contribution is 7.90. The molecule has 0 aliphatic rings. The number of carbonyl (C=O) groups excluding carboxylic acids is 1. The zero-order chi connectivity index (χ0) is 22.7. The summed E-state index contributed by atoms with van der Waals surface area (Å²) in [7, 11) is -3.91. The van der Waals surface area contributed by atoms with E-state index in [1.807, 2.05) is 0 Å². The molecule has 0 aliphatic carbocycles. The van der Waals surface area contributed by atoms with Crippen LogP contribution in [0.2, 0.25) is 0 Å². The molecule has 30 heavy (non-hydrogen) atoms. The topological polar surface area (TPSA) is 107 Å². The third kappa shape index (κ3) is 7.50. The molecule has 1 N–H and O–H groups in total. The number of benzene rings is 1. The summed E-state index contributed by atoms with van der Waals surface area (Å²) in [4.78, 5) is 19.3. The Hall–Kier alpha value is -2.89. The number of alkyl halides is 3. The Balaban J connectivity index is 2.25. The maximum atomic E-state index is 12.4. The molecule has 0 saturated heterocycles. The van der Waals surface area contributed by atoms with E-state index in [4.69, 9.17) is 4.74 Å². The lowest BCUT2D eigenvalue weighted by Gasteiger charge is -2.19. The molecule has 12 heteroatoms. The van der Waals surface area contributed by atoms with Crippen LogP contribution in [0.4, 0.5) is 24.7 Å². The van der Waals surface area contributed by atoms with Gasteiger partial charge in [0.1, 0.15) is 11.4 Å². The van der Waals surface area contributed by atoms with E-state index >= 15 is 0 Å². The van der Waals surface area contributed by atoms with Crippen LogP contribution in [0.25, 0.3) is 0 Å². The molecule has 1 aromatic heterocycles. The summed E-state index contributed by atoms with van der Waals surface area (Å²) in [5, 5.41) is 2.04. The number of ether oxygens (including phenoxy) is 2. The highest BCUT2D eigenvalue weighted by Crippen LogP contribution is 2.23. The maximum Gasteiger partial charge on any atom is 0.422 e. The van der Waals surface area contributed by atoms with Crippen LogP contribution in [-0.4, -0.2) is 49.0 Å². The highest BCUT2D eigenvalue weighted by atomic mass is 32.2. The van der Waals surface area contributed by atoms with Crippen molar-refractivity contribution >= 4 is 27.3 Å². The first-order valence-corrected chi connectivity index (χ1v) is 10.4. The molecule has 1 aromatic carbocycles. The van der Waals surface area contributed by atoms with Crippen molar-refractivity contribution in [2.24, 2.45) is 0 Å². The van der Waals surface area contributed by atoms with Gasteiger partial charge in [-0.05, 0) is 45.0 Å². The van der Waals surface area contributed by atoms with E-state index < -0.39 is 45.2 Å². The Labute approximate surface area is 171 Å². The first-order chi connectivity index (χ1) is 13.6. The zero-order valence-corrected chi connectivity index (χ0v) is 17.4. The van der Waals surface area contributed by atoms with Crippen LogP contribution >= 0.6 is 0 Å². The minimum Gasteiger partial charge on any atom is -0.468 e. The molecule has 0 unspecified atom stereocenters. The molecule has 0 radical (unpaired) electrons. The van der Waals surface area contributed by atoms with Gasteiger partial charge in [-0.3, -0.25) is 0 Å². The number of rotatable bonds is 6. The maximum absolute atomic E-state index is 12.4. The predicted molar refractivity (Wildman–Crippen MR) is 102 cm³/mol. The summed E-state index contributed by atoms with van der Waals surface area (Å²) in [5.74, 6) is -1.19. The number of nitrogens with one attached hydrogen (secondary N) is 1. The Morgan fingerprint density at radius 1 is 1.10 bits per heavy atom. The number of anilines is 2. The number of hydrogen-bond acceptors (Lipinski definition) is 8. The van der Waals surface area contributed by atoms with Crippen molar-refractivity contribution in [2.45, 2.75) is 37.7 Å². The molecular weight excluding hydrogens is 427 g/mol. The lowest BCUT2D eigenvalue weighted by Crippen LogP contribution is -2.23. The van der Waals surface area contributed by atoms with Gasteiger partial charge >= 0.3 is 12.1 Å². The third-order valence-electron chi connectivity index (χ3n) is 3.19. The molecule has 0 spiro atoms. The minimum atomic E-state index is -4.62. The second-order valence-corrected chi connectivity index (χ2v) is 9.16. The van der Waals surface area contributed by atoms with Crippen molar-refractivity contribution in [2.75, 3.05) is 18.2 Å². The van der Waals surface area contributed by atoms with Gasteiger partial charge in [0.15, 0.2) is 6.61 Å². The number of aromatic nitrogens is 2. The van der Waals surface area contributed by atoms with E-state index in [9.17, 15) is 26.4 Å². The van der Waals surface area contributed by atoms with Crippen LogP contribution in [0.3, 0.4) is 0 Å². The SMILES string of the molecule is CC(C)(C)OC(=O)c1ccc(Nc2cc(OCC(F)(F)F)nc(S(C)(=O)=O)n2)cc1. The second-order valence-electron chi connectivity index (χ2n) is 7.25. The Morgan fingerprint density at radius 2 is 1.70 bits per heavy atom. The minimum absolute atomic E-state index is 0.104. The molecular formula is C18H20F3N3O5S. The van der Waals surface area contributed by atoms with Gasteiger partial charge in [-0.15, -0.1) is 0 Å². The highest BCUT2D eigenvalue weighted by Gasteiger charge is 2.29. The van der Waals surface area contributed by atoms with Crippen LogP contribution in [-0.2, 0) is 14.6 Å². The van der Waals surface area contributed by atoms with E-state index in [-0.39, 0.29) is 11.4 Å². The number of hydrogen-bond donors (Lipinski definition) is 1. The van der Waals surface area contributed by atoms with Crippen molar-refractivity contribution < 1.29 is 35.9 Å². The first-order valence-electron chi connectivity index (χ1n) is 8.51. The van der Waals surface area contributed by atoms with Crippen molar-refractivity contribution in [1.82, 2.24) is 9.97 Å². The Morgan fingerprint density at radius 3 is 2.20 bits per heavy atom. The van der Waals surface area contributed by atoms with Crippen molar-refractivity contribution in [3.63, 3.8) is 0 Å². The fourth-order valence-corrected chi connectivity index (χ4v) is 2.56. The monoisotopic (exact) mass is 447 g/mol. The molecule has 0 atom stereocenters. The summed E-state index contributed by atoms with van der Waals surface area (Å²) >= 11 is 0. The summed E-state index contributed by atoms with van der Waals surface area (Å²) in [5.41, 5.74) is 0.00974. The van der Waals surface area contributed by atoms with Crippen molar-refractivity contribution in [3.05, 3.63) is 35.9 Å². The molecule has 0 saturated carbocycles. The lowest BCUT2D eigenvalue weighted by atomic mass is 10.1. The summed E-state index contributed by atoms with van der Waals surface area (Å²) < 4.78 is 70.4. The van der Waals surface area contributed by atoms with Crippen LogP contribution in [0, 0.1) is 0 Å². The third-order valence-corrected chi connectivity index (χ3v) is 4.04. The van der Waals surface area contributed by atoms with E-state index in [0.29, 0.717) is 5.69 Å². The zero-order valence-electron chi connectivity index (χ0n) is 16.6. The Kier molecular flexibility index (Phi) is 6.60. The average molecular weight is 447 g/mol. The molecule has 164 valence electrons. The fourth-order valence-electron chi connectivity index (χ4n) is 2.04. The molecule has 0 aliphatic heterocycles. The van der Waals surface area contributed by atoms with Crippen molar-refractivity contribution in [1.29, 1.82) is 0 Å². The van der Waals surface area contributed by atoms with Gasteiger partial charge in [-0.2, -0.15) is 18.2 Å². The fraction of sp³-hybridized carbons (Fsp3) is 0.389. The van der Waals surface area contributed by atoms with Gasteiger partial charge in [0.25, 0.3) is 5.16 Å². The number of sulfone groups is 1. The number of esters is 1. The van der Waals surface area contributed by atoms with Gasteiger partial charge in [-0.1, -0.05) is 0 Å². The van der Waals surface area contributed by atoms with Gasteiger partial charge in [0.2, 0.25) is 15.7 Å². The normalized spacial score (nSPS) is 12.4. The average Bonchev–Trinajstić information content (AvgIpc) is 2.57. The summed E-state index contributed by atoms with van der Waals surface area (Å²) in [6.45, 7) is 3.55. The molecule has 2 aromatic rings. The second kappa shape index (κ2) is 8.46. The quantitative estimate of drug-likeness (QED) is 0.530. The lowest BCUT2D eigenvalue weighted by molar-refractivity contribution is -0.154. The summed E-state index contributed by atoms with van der Waals surface area (Å²) in [6.07, 6.45) is -3.81. The van der Waals surface area contributed by atoms with Gasteiger partial charge in [0, 0.05) is 18.0 Å². The number of halogens is 3. The number of carbonyl (C=O) groups is 1. The summed E-state index contributed by atoms with van der Waals surface area (Å²) in [6, 6.07) is 6.96. The number of nitrogens with zero attached hydrogens (tertiary/aromatic N) is 2. The van der Waals surface area contributed by atoms with Gasteiger partial charge in [-0.25, -0.2) is 18.2 Å². The molecule has 0 fully saturated rings. The standard InChI is InChI=1S/C18H20F3N3O5S/c1-17(2,3)29-15(25)11-5-7-12(8-6-11)22-13-9-14(28-10-18(19,20)21)24-16(23-13)30(4,26)27/h5-9H,10H2,1-4H3,(H,22,23,24). The van der Waals surface area contributed by atoms with E-state index in [1.165, 1.54) is 24.3 Å². The molecule has 2 rings (SSSR count). The first kappa shape index (κ1) is 23.4. The largest absolute Gasteiger partial charge is 0.468 e. The smallest absolute Gasteiger partial charge is 0.422 e. The van der Waals surface area contributed by atoms with Crippen molar-refractivity contribution in [3.8, 4) is 5.88 Å². The molecule has 1 heterocycles. The van der Waals surface area contributed by atoms with Crippen LogP contribution in [0.5, 0.6) is 5.88 Å². The van der Waals surface area contributed by atoms with Crippen LogP contribution in [0.15, 0.2) is 35.5 Å². The predicted octanol–water partition coefficient (Wildman–Crippen LogP) is 3.52. The van der Waals surface area contributed by atoms with Crippen LogP contribution in [0.1, 0.15) is 31.1 Å².